The molecule has 29 heavy (non-hydrogen) atoms. The summed E-state index contributed by atoms with van der Waals surface area (Å²) in [6, 6.07) is 5.29. The van der Waals surface area contributed by atoms with E-state index in [9.17, 15) is 9.59 Å². The predicted octanol–water partition coefficient (Wildman–Crippen LogP) is 2.92. The largest absolute Gasteiger partial charge is 0.493 e. The van der Waals surface area contributed by atoms with Gasteiger partial charge in [-0.15, -0.1) is 21.5 Å². The molecular formula is C17H17N5O4S3. The Hall–Kier alpha value is -2.70. The maximum absolute atomic E-state index is 12.3. The molecule has 2 amide bonds. The third-order valence-corrected chi connectivity index (χ3v) is 6.13. The molecule has 0 atom stereocenters. The lowest BCUT2D eigenvalue weighted by atomic mass is 10.1. The van der Waals surface area contributed by atoms with Gasteiger partial charge in [-0.3, -0.25) is 9.59 Å². The Kier molecular flexibility index (Phi) is 7.38. The monoisotopic (exact) mass is 451 g/mol. The highest BCUT2D eigenvalue weighted by atomic mass is 32.2. The second-order valence-electron chi connectivity index (χ2n) is 5.46. The normalized spacial score (nSPS) is 10.4. The number of methoxy groups -OCH3 is 2. The smallest absolute Gasteiger partial charge is 0.236 e. The van der Waals surface area contributed by atoms with Crippen molar-refractivity contribution < 1.29 is 19.1 Å². The summed E-state index contributed by atoms with van der Waals surface area (Å²) in [7, 11) is 3.09. The van der Waals surface area contributed by atoms with Crippen molar-refractivity contribution >= 4 is 56.5 Å². The molecule has 1 aromatic carbocycles. The van der Waals surface area contributed by atoms with Crippen molar-refractivity contribution in [2.24, 2.45) is 0 Å². The highest BCUT2D eigenvalue weighted by Crippen LogP contribution is 2.28. The van der Waals surface area contributed by atoms with Crippen LogP contribution in [0.3, 0.4) is 0 Å². The summed E-state index contributed by atoms with van der Waals surface area (Å²) in [5.74, 6) is 0.920. The van der Waals surface area contributed by atoms with Crippen LogP contribution in [-0.2, 0) is 16.0 Å². The van der Waals surface area contributed by atoms with Gasteiger partial charge in [0.05, 0.1) is 26.4 Å². The van der Waals surface area contributed by atoms with Crippen LogP contribution in [0, 0.1) is 0 Å². The number of nitrogens with zero attached hydrogens (tertiary/aromatic N) is 3. The van der Waals surface area contributed by atoms with Gasteiger partial charge in [-0.2, -0.15) is 0 Å². The van der Waals surface area contributed by atoms with Gasteiger partial charge in [0.25, 0.3) is 0 Å². The average molecular weight is 452 g/mol. The molecular weight excluding hydrogens is 434 g/mol. The van der Waals surface area contributed by atoms with Crippen LogP contribution in [0.4, 0.5) is 10.3 Å². The number of nitrogens with one attached hydrogen (secondary N) is 2. The summed E-state index contributed by atoms with van der Waals surface area (Å²) < 4.78 is 11.0. The first kappa shape index (κ1) is 21.0. The van der Waals surface area contributed by atoms with Crippen molar-refractivity contribution in [2.45, 2.75) is 10.8 Å². The Morgan fingerprint density at radius 2 is 1.86 bits per heavy atom. The van der Waals surface area contributed by atoms with Crippen LogP contribution in [0.2, 0.25) is 0 Å². The van der Waals surface area contributed by atoms with Crippen molar-refractivity contribution in [2.75, 3.05) is 30.6 Å². The Morgan fingerprint density at radius 3 is 2.59 bits per heavy atom. The molecule has 0 spiro atoms. The number of aromatic nitrogens is 3. The van der Waals surface area contributed by atoms with Crippen molar-refractivity contribution in [1.82, 2.24) is 15.2 Å². The summed E-state index contributed by atoms with van der Waals surface area (Å²) >= 11 is 3.79. The predicted molar refractivity (Wildman–Crippen MR) is 113 cm³/mol. The zero-order valence-electron chi connectivity index (χ0n) is 15.5. The zero-order valence-corrected chi connectivity index (χ0v) is 17.9. The lowest BCUT2D eigenvalue weighted by Crippen LogP contribution is -2.14. The molecule has 0 aliphatic carbocycles. The van der Waals surface area contributed by atoms with Crippen molar-refractivity contribution in [3.05, 3.63) is 35.3 Å². The van der Waals surface area contributed by atoms with E-state index in [4.69, 9.17) is 9.47 Å². The molecule has 2 heterocycles. The standard InChI is InChI=1S/C17H17N5O4S3/c1-25-11-4-3-10(7-12(11)26-2)8-13(23)19-16-21-22-17(29-16)28-9-14(24)20-15-18-5-6-27-15/h3-7H,8-9H2,1-2H3,(H,18,20,24)(H,19,21,23). The average Bonchev–Trinajstić information content (AvgIpc) is 3.38. The quantitative estimate of drug-likeness (QED) is 0.377. The van der Waals surface area contributed by atoms with Gasteiger partial charge in [0.1, 0.15) is 0 Å². The summed E-state index contributed by atoms with van der Waals surface area (Å²) in [5.41, 5.74) is 0.776. The van der Waals surface area contributed by atoms with Gasteiger partial charge in [-0.05, 0) is 17.7 Å². The highest BCUT2D eigenvalue weighted by molar-refractivity contribution is 8.01. The van der Waals surface area contributed by atoms with E-state index in [2.05, 4.69) is 25.8 Å². The lowest BCUT2D eigenvalue weighted by molar-refractivity contribution is -0.115. The highest BCUT2D eigenvalue weighted by Gasteiger charge is 2.13. The van der Waals surface area contributed by atoms with Gasteiger partial charge in [0, 0.05) is 11.6 Å². The van der Waals surface area contributed by atoms with Gasteiger partial charge in [0.15, 0.2) is 21.0 Å². The fraction of sp³-hybridized carbons (Fsp3) is 0.235. The first-order chi connectivity index (χ1) is 14.1. The van der Waals surface area contributed by atoms with E-state index >= 15 is 0 Å². The molecule has 0 saturated heterocycles. The SMILES string of the molecule is COc1ccc(CC(=O)Nc2nnc(SCC(=O)Nc3nccs3)s2)cc1OC. The molecule has 0 fully saturated rings. The number of hydrogen-bond donors (Lipinski definition) is 2. The number of carbonyl (C=O) groups excluding carboxylic acids is 2. The van der Waals surface area contributed by atoms with Crippen LogP contribution in [0.25, 0.3) is 0 Å². The van der Waals surface area contributed by atoms with Crippen molar-refractivity contribution in [1.29, 1.82) is 0 Å². The number of thioether (sulfide) groups is 1. The second kappa shape index (κ2) is 10.2. The second-order valence-corrected chi connectivity index (χ2v) is 8.56. The maximum atomic E-state index is 12.3. The summed E-state index contributed by atoms with van der Waals surface area (Å²) in [4.78, 5) is 28.1. The maximum Gasteiger partial charge on any atom is 0.236 e. The molecule has 0 bridgehead atoms. The molecule has 3 rings (SSSR count). The van der Waals surface area contributed by atoms with Gasteiger partial charge < -0.3 is 20.1 Å². The van der Waals surface area contributed by atoms with Crippen molar-refractivity contribution in [3.8, 4) is 11.5 Å². The lowest BCUT2D eigenvalue weighted by Gasteiger charge is -2.09. The summed E-state index contributed by atoms with van der Waals surface area (Å²) in [5, 5.41) is 16.0. The Bertz CT molecular complexity index is 977. The molecule has 0 radical (unpaired) electrons. The van der Waals surface area contributed by atoms with E-state index in [0.29, 0.717) is 26.1 Å². The van der Waals surface area contributed by atoms with Crippen LogP contribution in [0.1, 0.15) is 5.56 Å². The molecule has 0 unspecified atom stereocenters. The van der Waals surface area contributed by atoms with Crippen molar-refractivity contribution in [3.63, 3.8) is 0 Å². The number of benzene rings is 1. The van der Waals surface area contributed by atoms with E-state index in [-0.39, 0.29) is 24.0 Å². The summed E-state index contributed by atoms with van der Waals surface area (Å²) in [6.45, 7) is 0. The third-order valence-electron chi connectivity index (χ3n) is 3.47. The molecule has 12 heteroatoms. The number of amides is 2. The summed E-state index contributed by atoms with van der Waals surface area (Å²) in [6.07, 6.45) is 1.77. The molecule has 2 N–H and O–H groups in total. The van der Waals surface area contributed by atoms with E-state index in [1.54, 1.807) is 44.0 Å². The van der Waals surface area contributed by atoms with Gasteiger partial charge >= 0.3 is 0 Å². The topological polar surface area (TPSA) is 115 Å². The van der Waals surface area contributed by atoms with E-state index < -0.39 is 0 Å². The minimum atomic E-state index is -0.230. The van der Waals surface area contributed by atoms with E-state index in [1.807, 2.05) is 0 Å². The third kappa shape index (κ3) is 6.14. The van der Waals surface area contributed by atoms with Crippen LogP contribution >= 0.6 is 34.4 Å². The van der Waals surface area contributed by atoms with Crippen LogP contribution < -0.4 is 20.1 Å². The van der Waals surface area contributed by atoms with Crippen LogP contribution in [-0.4, -0.2) is 47.0 Å². The van der Waals surface area contributed by atoms with E-state index in [0.717, 1.165) is 5.56 Å². The minimum Gasteiger partial charge on any atom is -0.493 e. The van der Waals surface area contributed by atoms with E-state index in [1.165, 1.54) is 34.4 Å². The minimum absolute atomic E-state index is 0.151. The number of anilines is 2. The van der Waals surface area contributed by atoms with Gasteiger partial charge in [-0.1, -0.05) is 29.2 Å². The molecule has 0 saturated carbocycles. The fourth-order valence-corrected chi connectivity index (χ4v) is 4.34. The molecule has 2 aromatic heterocycles. The zero-order chi connectivity index (χ0) is 20.6. The molecule has 0 aliphatic rings. The number of hydrogen-bond acceptors (Lipinski definition) is 10. The van der Waals surface area contributed by atoms with Crippen LogP contribution in [0.5, 0.6) is 11.5 Å². The first-order valence-corrected chi connectivity index (χ1v) is 10.9. The Labute approximate surface area is 178 Å². The molecule has 152 valence electrons. The molecule has 3 aromatic rings. The van der Waals surface area contributed by atoms with Crippen LogP contribution in [0.15, 0.2) is 34.1 Å². The molecule has 9 nitrogen and oxygen atoms in total. The number of ether oxygens (including phenoxy) is 2. The number of thiazole rings is 1. The fourth-order valence-electron chi connectivity index (χ4n) is 2.23. The Morgan fingerprint density at radius 1 is 1.07 bits per heavy atom. The molecule has 0 aliphatic heterocycles. The number of carbonyl (C=O) groups is 2. The van der Waals surface area contributed by atoms with Gasteiger partial charge in [-0.25, -0.2) is 4.98 Å². The number of rotatable bonds is 9. The Balaban J connectivity index is 1.49. The van der Waals surface area contributed by atoms with Gasteiger partial charge in [0.2, 0.25) is 16.9 Å². The first-order valence-electron chi connectivity index (χ1n) is 8.23.